The van der Waals surface area contributed by atoms with Crippen LogP contribution in [0.3, 0.4) is 0 Å². The molecule has 1 aliphatic rings. The number of hydrogen-bond acceptors (Lipinski definition) is 1. The summed E-state index contributed by atoms with van der Waals surface area (Å²) in [6.07, 6.45) is 0. The van der Waals surface area contributed by atoms with E-state index in [1.807, 2.05) is 0 Å². The van der Waals surface area contributed by atoms with Crippen LogP contribution < -0.4 is 4.90 Å². The van der Waals surface area contributed by atoms with Gasteiger partial charge in [0.1, 0.15) is 0 Å². The van der Waals surface area contributed by atoms with Gasteiger partial charge >= 0.3 is 0 Å². The van der Waals surface area contributed by atoms with E-state index in [-0.39, 0.29) is 11.0 Å². The second kappa shape index (κ2) is 9.45. The Bertz CT molecular complexity index is 1460. The van der Waals surface area contributed by atoms with Crippen molar-refractivity contribution in [3.05, 3.63) is 107 Å². The van der Waals surface area contributed by atoms with Crippen molar-refractivity contribution < 1.29 is 0 Å². The normalized spacial score (nSPS) is 14.1. The van der Waals surface area contributed by atoms with Crippen molar-refractivity contribution in [1.82, 2.24) is 0 Å². The SMILES string of the molecule is CC(C)c1cc(-c2ccccc2)ccc1N(c1cc2c(cc1C(C)C)-c1ccccc1C2(C)C)C(C)(C)C. The predicted molar refractivity (Wildman–Crippen MR) is 166 cm³/mol. The minimum Gasteiger partial charge on any atom is -0.336 e. The molecular formula is C37H43N. The lowest BCUT2D eigenvalue weighted by Crippen LogP contribution is -2.39. The molecule has 0 unspecified atom stereocenters. The molecule has 0 N–H and O–H groups in total. The first-order chi connectivity index (χ1) is 17.9. The average molecular weight is 502 g/mol. The van der Waals surface area contributed by atoms with Crippen molar-refractivity contribution in [3.63, 3.8) is 0 Å². The number of anilines is 2. The van der Waals surface area contributed by atoms with E-state index in [4.69, 9.17) is 0 Å². The fourth-order valence-corrected chi connectivity index (χ4v) is 6.29. The topological polar surface area (TPSA) is 3.24 Å². The van der Waals surface area contributed by atoms with Crippen molar-refractivity contribution in [1.29, 1.82) is 0 Å². The van der Waals surface area contributed by atoms with E-state index in [2.05, 4.69) is 152 Å². The molecule has 0 fully saturated rings. The van der Waals surface area contributed by atoms with Crippen LogP contribution in [-0.2, 0) is 5.41 Å². The van der Waals surface area contributed by atoms with Gasteiger partial charge in [0.2, 0.25) is 0 Å². The lowest BCUT2D eigenvalue weighted by molar-refractivity contribution is 0.554. The zero-order chi connectivity index (χ0) is 27.4. The minimum absolute atomic E-state index is 0.0300. The van der Waals surface area contributed by atoms with Gasteiger partial charge in [-0.25, -0.2) is 0 Å². The molecule has 1 aliphatic carbocycles. The maximum atomic E-state index is 2.62. The standard InChI is InChI=1S/C37H43N/c1-24(2)29-21-27(26-15-11-10-12-16-26)19-20-34(29)38(36(5,6)7)35-23-33-31(22-30(35)25(3)4)28-17-13-14-18-32(28)37(33,8)9/h10-25H,1-9H3. The highest BCUT2D eigenvalue weighted by atomic mass is 15.2. The molecule has 0 aliphatic heterocycles. The Morgan fingerprint density at radius 1 is 0.579 bits per heavy atom. The van der Waals surface area contributed by atoms with Gasteiger partial charge in [0, 0.05) is 22.3 Å². The summed E-state index contributed by atoms with van der Waals surface area (Å²) in [5, 5.41) is 0. The van der Waals surface area contributed by atoms with Crippen LogP contribution in [-0.4, -0.2) is 5.54 Å². The Balaban J connectivity index is 1.76. The molecule has 0 amide bonds. The first kappa shape index (κ1) is 26.3. The molecule has 4 aromatic rings. The van der Waals surface area contributed by atoms with Gasteiger partial charge in [-0.1, -0.05) is 102 Å². The number of nitrogens with zero attached hydrogens (tertiary/aromatic N) is 1. The first-order valence-corrected chi connectivity index (χ1v) is 14.2. The van der Waals surface area contributed by atoms with Gasteiger partial charge in [-0.15, -0.1) is 0 Å². The average Bonchev–Trinajstić information content (AvgIpc) is 3.10. The summed E-state index contributed by atoms with van der Waals surface area (Å²) in [5.41, 5.74) is 13.5. The predicted octanol–water partition coefficient (Wildman–Crippen LogP) is 10.8. The summed E-state index contributed by atoms with van der Waals surface area (Å²) in [7, 11) is 0. The van der Waals surface area contributed by atoms with Gasteiger partial charge in [0.05, 0.1) is 0 Å². The second-order valence-corrected chi connectivity index (χ2v) is 13.1. The van der Waals surface area contributed by atoms with Crippen molar-refractivity contribution in [2.24, 2.45) is 0 Å². The Morgan fingerprint density at radius 2 is 1.18 bits per heavy atom. The highest BCUT2D eigenvalue weighted by molar-refractivity contribution is 5.86. The third-order valence-corrected chi connectivity index (χ3v) is 8.26. The summed E-state index contributed by atoms with van der Waals surface area (Å²) >= 11 is 0. The van der Waals surface area contributed by atoms with E-state index < -0.39 is 0 Å². The molecule has 0 aromatic heterocycles. The van der Waals surface area contributed by atoms with Gasteiger partial charge in [-0.05, 0) is 101 Å². The fraction of sp³-hybridized carbons (Fsp3) is 0.351. The second-order valence-electron chi connectivity index (χ2n) is 13.1. The molecular weight excluding hydrogens is 458 g/mol. The molecule has 0 bridgehead atoms. The van der Waals surface area contributed by atoms with Crippen LogP contribution >= 0.6 is 0 Å². The lowest BCUT2D eigenvalue weighted by atomic mass is 9.81. The molecule has 1 nitrogen and oxygen atoms in total. The molecule has 0 heterocycles. The molecule has 0 spiro atoms. The van der Waals surface area contributed by atoms with E-state index in [1.165, 1.54) is 55.9 Å². The van der Waals surface area contributed by atoms with Gasteiger partial charge in [-0.3, -0.25) is 0 Å². The van der Waals surface area contributed by atoms with E-state index in [0.29, 0.717) is 11.8 Å². The van der Waals surface area contributed by atoms with Crippen LogP contribution in [0.1, 0.15) is 96.4 Å². The van der Waals surface area contributed by atoms with Crippen LogP contribution in [0.2, 0.25) is 0 Å². The van der Waals surface area contributed by atoms with Crippen molar-refractivity contribution in [2.45, 2.75) is 85.1 Å². The van der Waals surface area contributed by atoms with Crippen molar-refractivity contribution >= 4 is 11.4 Å². The maximum absolute atomic E-state index is 2.62. The van der Waals surface area contributed by atoms with Gasteiger partial charge in [0.15, 0.2) is 0 Å². The summed E-state index contributed by atoms with van der Waals surface area (Å²) < 4.78 is 0. The Kier molecular flexibility index (Phi) is 6.54. The highest BCUT2D eigenvalue weighted by Gasteiger charge is 2.38. The monoisotopic (exact) mass is 501 g/mol. The molecule has 38 heavy (non-hydrogen) atoms. The third-order valence-electron chi connectivity index (χ3n) is 8.26. The van der Waals surface area contributed by atoms with Crippen LogP contribution in [0, 0.1) is 0 Å². The zero-order valence-electron chi connectivity index (χ0n) is 24.7. The molecule has 0 radical (unpaired) electrons. The summed E-state index contributed by atoms with van der Waals surface area (Å²) in [6.45, 7) is 21.1. The largest absolute Gasteiger partial charge is 0.336 e. The van der Waals surface area contributed by atoms with Crippen molar-refractivity contribution in [3.8, 4) is 22.3 Å². The van der Waals surface area contributed by atoms with Crippen molar-refractivity contribution in [2.75, 3.05) is 4.90 Å². The summed E-state index contributed by atoms with van der Waals surface area (Å²) in [5.74, 6) is 0.804. The number of rotatable bonds is 5. The maximum Gasteiger partial charge on any atom is 0.0454 e. The molecule has 1 heteroatoms. The molecule has 5 rings (SSSR count). The Morgan fingerprint density at radius 3 is 1.82 bits per heavy atom. The van der Waals surface area contributed by atoms with Gasteiger partial charge in [0.25, 0.3) is 0 Å². The first-order valence-electron chi connectivity index (χ1n) is 14.2. The van der Waals surface area contributed by atoms with E-state index in [0.717, 1.165) is 0 Å². The molecule has 0 saturated carbocycles. The lowest BCUT2D eigenvalue weighted by Gasteiger charge is -2.42. The third kappa shape index (κ3) is 4.37. The van der Waals surface area contributed by atoms with E-state index >= 15 is 0 Å². The Labute approximate surface area is 230 Å². The molecule has 0 saturated heterocycles. The number of hydrogen-bond donors (Lipinski definition) is 0. The number of benzene rings is 4. The van der Waals surface area contributed by atoms with Crippen LogP contribution in [0.5, 0.6) is 0 Å². The van der Waals surface area contributed by atoms with Crippen LogP contribution in [0.15, 0.2) is 84.9 Å². The van der Waals surface area contributed by atoms with E-state index in [1.54, 1.807) is 0 Å². The molecule has 0 atom stereocenters. The molecule has 4 aromatic carbocycles. The minimum atomic E-state index is -0.106. The summed E-state index contributed by atoms with van der Waals surface area (Å²) in [6, 6.07) is 31.8. The number of fused-ring (bicyclic) bond motifs is 3. The molecule has 196 valence electrons. The van der Waals surface area contributed by atoms with Crippen LogP contribution in [0.25, 0.3) is 22.3 Å². The van der Waals surface area contributed by atoms with Crippen LogP contribution in [0.4, 0.5) is 11.4 Å². The van der Waals surface area contributed by atoms with Gasteiger partial charge < -0.3 is 4.90 Å². The Hall–Kier alpha value is -3.32. The van der Waals surface area contributed by atoms with Gasteiger partial charge in [-0.2, -0.15) is 0 Å². The zero-order valence-corrected chi connectivity index (χ0v) is 24.7. The quantitative estimate of drug-likeness (QED) is 0.263. The summed E-state index contributed by atoms with van der Waals surface area (Å²) in [4.78, 5) is 2.62. The fourth-order valence-electron chi connectivity index (χ4n) is 6.29. The van der Waals surface area contributed by atoms with E-state index in [9.17, 15) is 0 Å². The smallest absolute Gasteiger partial charge is 0.0454 e. The highest BCUT2D eigenvalue weighted by Crippen LogP contribution is 2.53.